The summed E-state index contributed by atoms with van der Waals surface area (Å²) in [6.07, 6.45) is 1.52. The van der Waals surface area contributed by atoms with E-state index >= 15 is 0 Å². The number of phenols is 1. The summed E-state index contributed by atoms with van der Waals surface area (Å²) in [4.78, 5) is 24.6. The highest BCUT2D eigenvalue weighted by molar-refractivity contribution is 6.32. The van der Waals surface area contributed by atoms with Crippen molar-refractivity contribution < 1.29 is 19.4 Å². The summed E-state index contributed by atoms with van der Waals surface area (Å²) in [6, 6.07) is 22.4. The fourth-order valence-electron chi connectivity index (χ4n) is 3.45. The van der Waals surface area contributed by atoms with Crippen LogP contribution in [0.15, 0.2) is 84.0 Å². The standard InChI is InChI=1S/C27H21Cl2N3O4/c28-20-5-3-4-17(12-20)14-30-26(34)16-36-25-11-9-19(21-6-1-2-7-22(21)25)15-31-32-27(35)18-8-10-24(33)23(29)13-18/h1-13,15,33H,14,16H2,(H,30,34)(H,32,35)/b31-15+. The molecule has 0 radical (unpaired) electrons. The van der Waals surface area contributed by atoms with E-state index in [9.17, 15) is 14.7 Å². The van der Waals surface area contributed by atoms with Crippen molar-refractivity contribution in [2.45, 2.75) is 6.54 Å². The van der Waals surface area contributed by atoms with Crippen LogP contribution in [-0.2, 0) is 11.3 Å². The zero-order chi connectivity index (χ0) is 25.5. The number of hydrazone groups is 1. The third kappa shape index (κ3) is 6.33. The largest absolute Gasteiger partial charge is 0.506 e. The van der Waals surface area contributed by atoms with Gasteiger partial charge < -0.3 is 15.2 Å². The Morgan fingerprint density at radius 2 is 1.75 bits per heavy atom. The second-order valence-electron chi connectivity index (χ2n) is 7.76. The van der Waals surface area contributed by atoms with Gasteiger partial charge in [-0.15, -0.1) is 0 Å². The number of phenolic OH excluding ortho intramolecular Hbond substituents is 1. The van der Waals surface area contributed by atoms with Gasteiger partial charge in [-0.1, -0.05) is 59.6 Å². The van der Waals surface area contributed by atoms with E-state index in [4.69, 9.17) is 27.9 Å². The predicted molar refractivity (Wildman–Crippen MR) is 141 cm³/mol. The van der Waals surface area contributed by atoms with Crippen LogP contribution in [0.3, 0.4) is 0 Å². The topological polar surface area (TPSA) is 100 Å². The number of nitrogens with one attached hydrogen (secondary N) is 2. The number of carbonyl (C=O) groups excluding carboxylic acids is 2. The van der Waals surface area contributed by atoms with Crippen LogP contribution in [0.2, 0.25) is 10.0 Å². The third-order valence-electron chi connectivity index (χ3n) is 5.23. The smallest absolute Gasteiger partial charge is 0.271 e. The van der Waals surface area contributed by atoms with Gasteiger partial charge in [-0.25, -0.2) is 5.43 Å². The van der Waals surface area contributed by atoms with Crippen molar-refractivity contribution in [1.29, 1.82) is 0 Å². The zero-order valence-electron chi connectivity index (χ0n) is 18.9. The molecule has 0 aliphatic carbocycles. The molecule has 182 valence electrons. The first-order valence-electron chi connectivity index (χ1n) is 10.9. The van der Waals surface area contributed by atoms with Crippen molar-refractivity contribution in [2.75, 3.05) is 6.61 Å². The quantitative estimate of drug-likeness (QED) is 0.216. The van der Waals surface area contributed by atoms with E-state index in [2.05, 4.69) is 15.8 Å². The Kier molecular flexibility index (Phi) is 8.05. The lowest BCUT2D eigenvalue weighted by Gasteiger charge is -2.11. The Bertz CT molecular complexity index is 1460. The molecule has 4 aromatic carbocycles. The van der Waals surface area contributed by atoms with Crippen molar-refractivity contribution >= 4 is 52.0 Å². The van der Waals surface area contributed by atoms with E-state index in [0.717, 1.165) is 21.9 Å². The van der Waals surface area contributed by atoms with Gasteiger partial charge >= 0.3 is 0 Å². The molecule has 0 unspecified atom stereocenters. The Labute approximate surface area is 217 Å². The van der Waals surface area contributed by atoms with Crippen LogP contribution >= 0.6 is 23.2 Å². The van der Waals surface area contributed by atoms with E-state index in [1.807, 2.05) is 36.4 Å². The van der Waals surface area contributed by atoms with E-state index in [-0.39, 0.29) is 28.8 Å². The van der Waals surface area contributed by atoms with Crippen molar-refractivity contribution in [3.05, 3.63) is 106 Å². The summed E-state index contributed by atoms with van der Waals surface area (Å²) in [5.41, 5.74) is 4.34. The molecule has 9 heteroatoms. The average Bonchev–Trinajstić information content (AvgIpc) is 2.88. The average molecular weight is 522 g/mol. The molecule has 0 aliphatic heterocycles. The molecular weight excluding hydrogens is 501 g/mol. The summed E-state index contributed by atoms with van der Waals surface area (Å²) >= 11 is 11.8. The van der Waals surface area contributed by atoms with Crippen LogP contribution in [0.4, 0.5) is 0 Å². The van der Waals surface area contributed by atoms with Gasteiger partial charge in [0.25, 0.3) is 11.8 Å². The molecule has 2 amide bonds. The molecule has 0 bridgehead atoms. The molecule has 0 aromatic heterocycles. The molecule has 0 saturated heterocycles. The molecule has 0 saturated carbocycles. The van der Waals surface area contributed by atoms with Crippen LogP contribution < -0.4 is 15.5 Å². The highest BCUT2D eigenvalue weighted by Gasteiger charge is 2.10. The molecule has 0 spiro atoms. The number of hydrogen-bond donors (Lipinski definition) is 3. The SMILES string of the molecule is O=C(COc1ccc(/C=N/NC(=O)c2ccc(O)c(Cl)c2)c2ccccc12)NCc1cccc(Cl)c1. The monoisotopic (exact) mass is 521 g/mol. The number of fused-ring (bicyclic) bond motifs is 1. The number of aromatic hydroxyl groups is 1. The summed E-state index contributed by atoms with van der Waals surface area (Å²) in [6.45, 7) is 0.199. The molecule has 7 nitrogen and oxygen atoms in total. The van der Waals surface area contributed by atoms with Crippen LogP contribution in [0.25, 0.3) is 10.8 Å². The molecule has 3 N–H and O–H groups in total. The lowest BCUT2D eigenvalue weighted by atomic mass is 10.0. The number of amides is 2. The zero-order valence-corrected chi connectivity index (χ0v) is 20.4. The van der Waals surface area contributed by atoms with Gasteiger partial charge in [0.15, 0.2) is 6.61 Å². The van der Waals surface area contributed by atoms with Gasteiger partial charge in [0, 0.05) is 28.1 Å². The number of nitrogens with zero attached hydrogens (tertiary/aromatic N) is 1. The lowest BCUT2D eigenvalue weighted by Crippen LogP contribution is -2.28. The molecule has 4 aromatic rings. The summed E-state index contributed by atoms with van der Waals surface area (Å²) in [5, 5.41) is 18.7. The Hall–Kier alpha value is -4.07. The van der Waals surface area contributed by atoms with Crippen molar-refractivity contribution in [3.63, 3.8) is 0 Å². The summed E-state index contributed by atoms with van der Waals surface area (Å²) in [5.74, 6) is -0.296. The highest BCUT2D eigenvalue weighted by Crippen LogP contribution is 2.28. The molecule has 0 aliphatic rings. The first-order chi connectivity index (χ1) is 17.4. The Balaban J connectivity index is 1.40. The molecule has 4 rings (SSSR count). The number of carbonyl (C=O) groups is 2. The van der Waals surface area contributed by atoms with Gasteiger partial charge in [-0.3, -0.25) is 9.59 Å². The Morgan fingerprint density at radius 3 is 2.53 bits per heavy atom. The number of benzene rings is 4. The summed E-state index contributed by atoms with van der Waals surface area (Å²) < 4.78 is 5.78. The predicted octanol–water partition coefficient (Wildman–Crippen LogP) is 5.31. The first-order valence-corrected chi connectivity index (χ1v) is 11.6. The van der Waals surface area contributed by atoms with E-state index in [1.165, 1.54) is 24.4 Å². The van der Waals surface area contributed by atoms with Crippen LogP contribution in [-0.4, -0.2) is 29.7 Å². The lowest BCUT2D eigenvalue weighted by molar-refractivity contribution is -0.123. The van der Waals surface area contributed by atoms with Gasteiger partial charge in [0.2, 0.25) is 0 Å². The first kappa shape index (κ1) is 25.0. The van der Waals surface area contributed by atoms with Gasteiger partial charge in [0.05, 0.1) is 11.2 Å². The number of ether oxygens (including phenoxy) is 1. The highest BCUT2D eigenvalue weighted by atomic mass is 35.5. The van der Waals surface area contributed by atoms with Crippen molar-refractivity contribution in [2.24, 2.45) is 5.10 Å². The molecule has 0 atom stereocenters. The normalized spacial score (nSPS) is 10.9. The van der Waals surface area contributed by atoms with Crippen LogP contribution in [0, 0.1) is 0 Å². The fourth-order valence-corrected chi connectivity index (χ4v) is 3.84. The maximum atomic E-state index is 12.3. The second kappa shape index (κ2) is 11.6. The van der Waals surface area contributed by atoms with Gasteiger partial charge in [-0.2, -0.15) is 5.10 Å². The maximum absolute atomic E-state index is 12.3. The second-order valence-corrected chi connectivity index (χ2v) is 8.60. The van der Waals surface area contributed by atoms with Gasteiger partial charge in [-0.05, 0) is 53.4 Å². The van der Waals surface area contributed by atoms with Crippen molar-refractivity contribution in [3.8, 4) is 11.5 Å². The summed E-state index contributed by atoms with van der Waals surface area (Å²) in [7, 11) is 0. The molecule has 36 heavy (non-hydrogen) atoms. The van der Waals surface area contributed by atoms with Gasteiger partial charge in [0.1, 0.15) is 11.5 Å². The minimum absolute atomic E-state index is 0.0753. The number of hydrogen-bond acceptors (Lipinski definition) is 5. The van der Waals surface area contributed by atoms with E-state index in [1.54, 1.807) is 24.3 Å². The molecule has 0 fully saturated rings. The molecule has 0 heterocycles. The van der Waals surface area contributed by atoms with Crippen molar-refractivity contribution in [1.82, 2.24) is 10.7 Å². The number of halogens is 2. The van der Waals surface area contributed by atoms with E-state index < -0.39 is 5.91 Å². The minimum atomic E-state index is -0.471. The molecular formula is C27H21Cl2N3O4. The maximum Gasteiger partial charge on any atom is 0.271 e. The number of rotatable bonds is 8. The van der Waals surface area contributed by atoms with Crippen LogP contribution in [0.5, 0.6) is 11.5 Å². The Morgan fingerprint density at radius 1 is 0.944 bits per heavy atom. The minimum Gasteiger partial charge on any atom is -0.506 e. The van der Waals surface area contributed by atoms with E-state index in [0.29, 0.717) is 17.3 Å². The third-order valence-corrected chi connectivity index (χ3v) is 5.77. The fraction of sp³-hybridized carbons (Fsp3) is 0.0741. The van der Waals surface area contributed by atoms with Crippen LogP contribution in [0.1, 0.15) is 21.5 Å².